The maximum Gasteiger partial charge on any atom is 0.226 e. The highest BCUT2D eigenvalue weighted by atomic mass is 16.5. The fraction of sp³-hybridized carbons (Fsp3) is 0.381. The molecule has 1 aliphatic rings. The summed E-state index contributed by atoms with van der Waals surface area (Å²) in [6, 6.07) is 15.8. The predicted octanol–water partition coefficient (Wildman–Crippen LogP) is 4.13. The molecule has 1 heterocycles. The van der Waals surface area contributed by atoms with Crippen molar-refractivity contribution >= 4 is 23.0 Å². The van der Waals surface area contributed by atoms with E-state index in [1.165, 1.54) is 24.9 Å². The molecule has 5 heteroatoms. The topological polar surface area (TPSA) is 53.6 Å². The highest BCUT2D eigenvalue weighted by Crippen LogP contribution is 2.22. The summed E-state index contributed by atoms with van der Waals surface area (Å²) >= 11 is 0. The maximum absolute atomic E-state index is 12.1. The van der Waals surface area contributed by atoms with Gasteiger partial charge in [-0.05, 0) is 55.7 Å². The van der Waals surface area contributed by atoms with E-state index in [0.717, 1.165) is 30.2 Å². The molecule has 5 nitrogen and oxygen atoms in total. The summed E-state index contributed by atoms with van der Waals surface area (Å²) in [6.45, 7) is 2.83. The van der Waals surface area contributed by atoms with Crippen LogP contribution in [0.5, 0.6) is 5.75 Å². The molecule has 1 aliphatic heterocycles. The van der Waals surface area contributed by atoms with Crippen molar-refractivity contribution in [3.05, 3.63) is 48.5 Å². The van der Waals surface area contributed by atoms with Gasteiger partial charge in [-0.1, -0.05) is 6.07 Å². The molecule has 1 amide bonds. The van der Waals surface area contributed by atoms with E-state index in [1.54, 1.807) is 7.11 Å². The quantitative estimate of drug-likeness (QED) is 0.786. The molecule has 1 fully saturated rings. The maximum atomic E-state index is 12.1. The van der Waals surface area contributed by atoms with Crippen LogP contribution in [0.25, 0.3) is 0 Å². The smallest absolute Gasteiger partial charge is 0.226 e. The Morgan fingerprint density at radius 1 is 1.04 bits per heavy atom. The summed E-state index contributed by atoms with van der Waals surface area (Å²) in [5, 5.41) is 6.20. The highest BCUT2D eigenvalue weighted by molar-refractivity contribution is 5.91. The van der Waals surface area contributed by atoms with E-state index >= 15 is 0 Å². The molecule has 0 aliphatic carbocycles. The molecule has 3 rings (SSSR count). The fourth-order valence-corrected chi connectivity index (χ4v) is 3.18. The van der Waals surface area contributed by atoms with E-state index in [-0.39, 0.29) is 5.91 Å². The first-order valence-corrected chi connectivity index (χ1v) is 9.27. The van der Waals surface area contributed by atoms with Crippen LogP contribution in [0.2, 0.25) is 0 Å². The molecule has 1 saturated heterocycles. The van der Waals surface area contributed by atoms with Crippen LogP contribution in [0.1, 0.15) is 25.7 Å². The number of anilines is 3. The van der Waals surface area contributed by atoms with Crippen LogP contribution < -0.4 is 20.3 Å². The van der Waals surface area contributed by atoms with Crippen LogP contribution in [0, 0.1) is 0 Å². The number of piperidine rings is 1. The van der Waals surface area contributed by atoms with Crippen molar-refractivity contribution in [2.45, 2.75) is 25.7 Å². The van der Waals surface area contributed by atoms with Crippen molar-refractivity contribution in [3.8, 4) is 5.75 Å². The standard InChI is InChI=1S/C21H27N3O2/c1-26-20-7-5-6-18(16-20)22-13-12-21(25)23-17-8-10-19(11-9-17)24-14-3-2-4-15-24/h5-11,16,22H,2-4,12-15H2,1H3,(H,23,25). The number of nitrogens with one attached hydrogen (secondary N) is 2. The highest BCUT2D eigenvalue weighted by Gasteiger charge is 2.10. The number of methoxy groups -OCH3 is 1. The van der Waals surface area contributed by atoms with Crippen molar-refractivity contribution in [2.24, 2.45) is 0 Å². The van der Waals surface area contributed by atoms with Crippen LogP contribution in [-0.4, -0.2) is 32.7 Å². The summed E-state index contributed by atoms with van der Waals surface area (Å²) in [5.41, 5.74) is 3.03. The van der Waals surface area contributed by atoms with Gasteiger partial charge < -0.3 is 20.3 Å². The van der Waals surface area contributed by atoms with Gasteiger partial charge in [0.1, 0.15) is 5.75 Å². The molecular formula is C21H27N3O2. The first-order chi connectivity index (χ1) is 12.7. The normalized spacial score (nSPS) is 14.0. The molecule has 0 atom stereocenters. The Kier molecular flexibility index (Phi) is 6.36. The largest absolute Gasteiger partial charge is 0.497 e. The van der Waals surface area contributed by atoms with Gasteiger partial charge in [0.25, 0.3) is 0 Å². The number of benzene rings is 2. The molecule has 138 valence electrons. The van der Waals surface area contributed by atoms with Gasteiger partial charge in [-0.3, -0.25) is 4.79 Å². The van der Waals surface area contributed by atoms with Crippen LogP contribution in [0.3, 0.4) is 0 Å². The second-order valence-electron chi connectivity index (χ2n) is 6.55. The molecule has 0 radical (unpaired) electrons. The third kappa shape index (κ3) is 5.15. The molecule has 26 heavy (non-hydrogen) atoms. The van der Waals surface area contributed by atoms with E-state index < -0.39 is 0 Å². The van der Waals surface area contributed by atoms with Gasteiger partial charge in [-0.25, -0.2) is 0 Å². The minimum Gasteiger partial charge on any atom is -0.497 e. The fourth-order valence-electron chi connectivity index (χ4n) is 3.18. The Labute approximate surface area is 155 Å². The van der Waals surface area contributed by atoms with Crippen molar-refractivity contribution < 1.29 is 9.53 Å². The lowest BCUT2D eigenvalue weighted by Crippen LogP contribution is -2.29. The third-order valence-corrected chi connectivity index (χ3v) is 4.62. The summed E-state index contributed by atoms with van der Waals surface area (Å²) in [5.74, 6) is 0.805. The number of nitrogens with zero attached hydrogens (tertiary/aromatic N) is 1. The van der Waals surface area contributed by atoms with E-state index in [4.69, 9.17) is 4.74 Å². The van der Waals surface area contributed by atoms with Crippen molar-refractivity contribution in [1.82, 2.24) is 0 Å². The summed E-state index contributed by atoms with van der Waals surface area (Å²) in [6.07, 6.45) is 4.26. The lowest BCUT2D eigenvalue weighted by atomic mass is 10.1. The average molecular weight is 353 g/mol. The summed E-state index contributed by atoms with van der Waals surface area (Å²) in [4.78, 5) is 14.5. The van der Waals surface area contributed by atoms with Gasteiger partial charge in [0.2, 0.25) is 5.91 Å². The van der Waals surface area contributed by atoms with Crippen LogP contribution in [0.15, 0.2) is 48.5 Å². The van der Waals surface area contributed by atoms with E-state index in [1.807, 2.05) is 36.4 Å². The van der Waals surface area contributed by atoms with Crippen molar-refractivity contribution in [3.63, 3.8) is 0 Å². The predicted molar refractivity (Wildman–Crippen MR) is 107 cm³/mol. The minimum absolute atomic E-state index is 0.00567. The molecule has 0 aromatic heterocycles. The number of carbonyl (C=O) groups is 1. The number of hydrogen-bond donors (Lipinski definition) is 2. The minimum atomic E-state index is 0.00567. The van der Waals surface area contributed by atoms with Crippen molar-refractivity contribution in [2.75, 3.05) is 42.3 Å². The van der Waals surface area contributed by atoms with Crippen LogP contribution in [-0.2, 0) is 4.79 Å². The van der Waals surface area contributed by atoms with Gasteiger partial charge >= 0.3 is 0 Å². The van der Waals surface area contributed by atoms with Gasteiger partial charge in [0.15, 0.2) is 0 Å². The van der Waals surface area contributed by atoms with E-state index in [2.05, 4.69) is 27.7 Å². The van der Waals surface area contributed by atoms with Crippen molar-refractivity contribution in [1.29, 1.82) is 0 Å². The zero-order valence-electron chi connectivity index (χ0n) is 15.3. The van der Waals surface area contributed by atoms with Gasteiger partial charge in [-0.15, -0.1) is 0 Å². The second-order valence-corrected chi connectivity index (χ2v) is 6.55. The number of rotatable bonds is 7. The molecule has 0 spiro atoms. The van der Waals surface area contributed by atoms with Crippen LogP contribution >= 0.6 is 0 Å². The summed E-state index contributed by atoms with van der Waals surface area (Å²) < 4.78 is 5.19. The molecule has 2 N–H and O–H groups in total. The Morgan fingerprint density at radius 3 is 2.54 bits per heavy atom. The lowest BCUT2D eigenvalue weighted by molar-refractivity contribution is -0.115. The van der Waals surface area contributed by atoms with Gasteiger partial charge in [0, 0.05) is 49.2 Å². The Morgan fingerprint density at radius 2 is 1.81 bits per heavy atom. The lowest BCUT2D eigenvalue weighted by Gasteiger charge is -2.28. The molecule has 2 aromatic rings. The number of amides is 1. The number of hydrogen-bond acceptors (Lipinski definition) is 4. The third-order valence-electron chi connectivity index (χ3n) is 4.62. The zero-order valence-corrected chi connectivity index (χ0v) is 15.3. The molecule has 0 unspecified atom stereocenters. The van der Waals surface area contributed by atoms with E-state index in [9.17, 15) is 4.79 Å². The molecular weight excluding hydrogens is 326 g/mol. The number of carbonyl (C=O) groups excluding carboxylic acids is 1. The van der Waals surface area contributed by atoms with E-state index in [0.29, 0.717) is 13.0 Å². The second kappa shape index (κ2) is 9.13. The Bertz CT molecular complexity index is 709. The van der Waals surface area contributed by atoms with Gasteiger partial charge in [0.05, 0.1) is 7.11 Å². The number of ether oxygens (including phenoxy) is 1. The molecule has 0 bridgehead atoms. The SMILES string of the molecule is COc1cccc(NCCC(=O)Nc2ccc(N3CCCCC3)cc2)c1. The first-order valence-electron chi connectivity index (χ1n) is 9.27. The average Bonchev–Trinajstić information content (AvgIpc) is 2.69. The zero-order chi connectivity index (χ0) is 18.2. The molecule has 2 aromatic carbocycles. The van der Waals surface area contributed by atoms with Crippen LogP contribution in [0.4, 0.5) is 17.1 Å². The first kappa shape index (κ1) is 18.1. The summed E-state index contributed by atoms with van der Waals surface area (Å²) in [7, 11) is 1.64. The monoisotopic (exact) mass is 353 g/mol. The molecule has 0 saturated carbocycles. The Hall–Kier alpha value is -2.69. The van der Waals surface area contributed by atoms with Gasteiger partial charge in [-0.2, -0.15) is 0 Å². The Balaban J connectivity index is 1.44.